The molecule has 0 aromatic heterocycles. The van der Waals surface area contributed by atoms with Gasteiger partial charge in [-0.25, -0.2) is 8.42 Å². The number of hydrogen-bond donors (Lipinski definition) is 0. The highest BCUT2D eigenvalue weighted by Gasteiger charge is 2.30. The Hall–Kier alpha value is -1.70. The fourth-order valence-corrected chi connectivity index (χ4v) is 4.61. The predicted molar refractivity (Wildman–Crippen MR) is 103 cm³/mol. The average molecular weight is 381 g/mol. The van der Waals surface area contributed by atoms with E-state index in [4.69, 9.17) is 4.74 Å². The lowest BCUT2D eigenvalue weighted by molar-refractivity contribution is -0.128. The minimum Gasteiger partial charge on any atom is -0.368 e. The van der Waals surface area contributed by atoms with Crippen LogP contribution in [0.25, 0.3) is 0 Å². The molecule has 1 heterocycles. The summed E-state index contributed by atoms with van der Waals surface area (Å²) in [5, 5.41) is 0. The zero-order valence-electron chi connectivity index (χ0n) is 15.8. The molecule has 6 nitrogen and oxygen atoms in total. The number of carbonyl (C=O) groups is 1. The van der Waals surface area contributed by atoms with Crippen LogP contribution in [0.1, 0.15) is 32.8 Å². The lowest BCUT2D eigenvalue weighted by Gasteiger charge is -2.22. The van der Waals surface area contributed by atoms with Gasteiger partial charge in [-0.05, 0) is 43.5 Å². The summed E-state index contributed by atoms with van der Waals surface area (Å²) in [5.74, 6) is -0.104. The first-order valence-electron chi connectivity index (χ1n) is 9.03. The molecule has 0 N–H and O–H groups in total. The molecule has 1 aliphatic heterocycles. The summed E-state index contributed by atoms with van der Waals surface area (Å²) in [6, 6.07) is 5.01. The molecule has 26 heavy (non-hydrogen) atoms. The van der Waals surface area contributed by atoms with Gasteiger partial charge in [-0.1, -0.05) is 19.9 Å². The van der Waals surface area contributed by atoms with E-state index in [1.807, 2.05) is 13.8 Å². The number of hydrogen-bond acceptors (Lipinski definition) is 4. The van der Waals surface area contributed by atoms with Crippen LogP contribution in [-0.2, 0) is 26.0 Å². The molecular weight excluding hydrogens is 352 g/mol. The standard InChI is InChI=1S/C19H28N2O4S/c1-5-8-13-25-15(4)19(22)21-12-11-16-14-17(9-10-18(16)21)26(23,24)20(6-2)7-3/h5,9-10,14-15H,1,6-8,11-13H2,2-4H3. The molecule has 2 rings (SSSR count). The van der Waals surface area contributed by atoms with Crippen LogP contribution in [0, 0.1) is 0 Å². The number of rotatable bonds is 9. The van der Waals surface area contributed by atoms with Gasteiger partial charge >= 0.3 is 0 Å². The zero-order chi connectivity index (χ0) is 19.3. The maximum atomic E-state index is 12.7. The molecule has 144 valence electrons. The van der Waals surface area contributed by atoms with Gasteiger partial charge in [-0.3, -0.25) is 4.79 Å². The molecule has 7 heteroatoms. The number of sulfonamides is 1. The highest BCUT2D eigenvalue weighted by Crippen LogP contribution is 2.31. The first-order chi connectivity index (χ1) is 12.4. The molecular formula is C19H28N2O4S. The molecule has 0 saturated heterocycles. The van der Waals surface area contributed by atoms with Crippen molar-refractivity contribution >= 4 is 21.6 Å². The Morgan fingerprint density at radius 1 is 1.38 bits per heavy atom. The normalized spacial score (nSPS) is 15.2. The van der Waals surface area contributed by atoms with Crippen molar-refractivity contribution in [2.75, 3.05) is 31.1 Å². The number of benzene rings is 1. The van der Waals surface area contributed by atoms with Gasteiger partial charge in [0.1, 0.15) is 6.10 Å². The second-order valence-electron chi connectivity index (χ2n) is 6.21. The van der Waals surface area contributed by atoms with Gasteiger partial charge in [0, 0.05) is 25.3 Å². The maximum Gasteiger partial charge on any atom is 0.255 e. The second-order valence-corrected chi connectivity index (χ2v) is 8.15. The largest absolute Gasteiger partial charge is 0.368 e. The third-order valence-electron chi connectivity index (χ3n) is 4.59. The van der Waals surface area contributed by atoms with E-state index in [0.29, 0.717) is 39.1 Å². The van der Waals surface area contributed by atoms with Crippen LogP contribution in [0.5, 0.6) is 0 Å². The van der Waals surface area contributed by atoms with E-state index in [1.165, 1.54) is 4.31 Å². The summed E-state index contributed by atoms with van der Waals surface area (Å²) in [6.45, 7) is 10.9. The number of fused-ring (bicyclic) bond motifs is 1. The monoisotopic (exact) mass is 380 g/mol. The molecule has 0 spiro atoms. The van der Waals surface area contributed by atoms with Crippen LogP contribution < -0.4 is 4.90 Å². The summed E-state index contributed by atoms with van der Waals surface area (Å²) >= 11 is 0. The number of carbonyl (C=O) groups excluding carboxylic acids is 1. The molecule has 0 bridgehead atoms. The predicted octanol–water partition coefficient (Wildman–Crippen LogP) is 2.59. The maximum absolute atomic E-state index is 12.7. The van der Waals surface area contributed by atoms with Crippen molar-refractivity contribution in [1.82, 2.24) is 4.31 Å². The van der Waals surface area contributed by atoms with E-state index in [2.05, 4.69) is 6.58 Å². The first-order valence-corrected chi connectivity index (χ1v) is 10.5. The highest BCUT2D eigenvalue weighted by molar-refractivity contribution is 7.89. The van der Waals surface area contributed by atoms with Gasteiger partial charge in [0.05, 0.1) is 11.5 Å². The number of ether oxygens (including phenoxy) is 1. The van der Waals surface area contributed by atoms with E-state index >= 15 is 0 Å². The van der Waals surface area contributed by atoms with Crippen LogP contribution in [0.2, 0.25) is 0 Å². The van der Waals surface area contributed by atoms with Gasteiger partial charge in [0.25, 0.3) is 5.91 Å². The molecule has 1 aliphatic rings. The van der Waals surface area contributed by atoms with Crippen LogP contribution in [0.4, 0.5) is 5.69 Å². The van der Waals surface area contributed by atoms with E-state index in [9.17, 15) is 13.2 Å². The summed E-state index contributed by atoms with van der Waals surface area (Å²) in [6.07, 6.45) is 2.54. The van der Waals surface area contributed by atoms with Gasteiger partial charge < -0.3 is 9.64 Å². The summed E-state index contributed by atoms with van der Waals surface area (Å²) in [5.41, 5.74) is 1.65. The van der Waals surface area contributed by atoms with Crippen molar-refractivity contribution in [3.05, 3.63) is 36.4 Å². The van der Waals surface area contributed by atoms with Gasteiger partial charge in [-0.15, -0.1) is 6.58 Å². The molecule has 0 radical (unpaired) electrons. The molecule has 1 unspecified atom stereocenters. The molecule has 1 amide bonds. The van der Waals surface area contributed by atoms with Gasteiger partial charge in [-0.2, -0.15) is 4.31 Å². The van der Waals surface area contributed by atoms with E-state index in [1.54, 1.807) is 36.1 Å². The minimum absolute atomic E-state index is 0.104. The summed E-state index contributed by atoms with van der Waals surface area (Å²) in [7, 11) is -3.50. The number of nitrogens with zero attached hydrogens (tertiary/aromatic N) is 2. The summed E-state index contributed by atoms with van der Waals surface area (Å²) < 4.78 is 32.3. The molecule has 0 saturated carbocycles. The zero-order valence-corrected chi connectivity index (χ0v) is 16.6. The minimum atomic E-state index is -3.50. The van der Waals surface area contributed by atoms with Crippen molar-refractivity contribution in [2.24, 2.45) is 0 Å². The van der Waals surface area contributed by atoms with Crippen molar-refractivity contribution in [3.8, 4) is 0 Å². The third-order valence-corrected chi connectivity index (χ3v) is 6.64. The fraction of sp³-hybridized carbons (Fsp3) is 0.526. The Labute approximate surface area is 156 Å². The van der Waals surface area contributed by atoms with Gasteiger partial charge in [0.2, 0.25) is 10.0 Å². The third kappa shape index (κ3) is 4.16. The number of anilines is 1. The Morgan fingerprint density at radius 3 is 2.69 bits per heavy atom. The average Bonchev–Trinajstić information content (AvgIpc) is 3.05. The second kappa shape index (κ2) is 8.79. The van der Waals surface area contributed by atoms with Crippen LogP contribution in [0.3, 0.4) is 0 Å². The van der Waals surface area contributed by atoms with Crippen LogP contribution in [-0.4, -0.2) is 51.0 Å². The molecule has 1 aromatic rings. The lowest BCUT2D eigenvalue weighted by atomic mass is 10.2. The Kier molecular flexibility index (Phi) is 6.97. The van der Waals surface area contributed by atoms with Crippen molar-refractivity contribution in [1.29, 1.82) is 0 Å². The first kappa shape index (κ1) is 20.6. The molecule has 0 fully saturated rings. The van der Waals surface area contributed by atoms with E-state index < -0.39 is 16.1 Å². The van der Waals surface area contributed by atoms with E-state index in [0.717, 1.165) is 11.3 Å². The summed E-state index contributed by atoms with van der Waals surface area (Å²) in [4.78, 5) is 14.6. The lowest BCUT2D eigenvalue weighted by Crippen LogP contribution is -2.38. The SMILES string of the molecule is C=CCCOC(C)C(=O)N1CCc2cc(S(=O)(=O)N(CC)CC)ccc21. The van der Waals surface area contributed by atoms with Crippen LogP contribution >= 0.6 is 0 Å². The Balaban J connectivity index is 2.20. The van der Waals surface area contributed by atoms with E-state index in [-0.39, 0.29) is 10.8 Å². The molecule has 0 aliphatic carbocycles. The van der Waals surface area contributed by atoms with Crippen molar-refractivity contribution < 1.29 is 17.9 Å². The molecule has 1 aromatic carbocycles. The van der Waals surface area contributed by atoms with Crippen molar-refractivity contribution in [3.63, 3.8) is 0 Å². The quantitative estimate of drug-likeness (QED) is 0.488. The van der Waals surface area contributed by atoms with Crippen molar-refractivity contribution in [2.45, 2.75) is 44.6 Å². The topological polar surface area (TPSA) is 66.9 Å². The molecule has 1 atom stereocenters. The number of amides is 1. The highest BCUT2D eigenvalue weighted by atomic mass is 32.2. The van der Waals surface area contributed by atoms with Crippen LogP contribution in [0.15, 0.2) is 35.7 Å². The Bertz CT molecular complexity index is 757. The smallest absolute Gasteiger partial charge is 0.255 e. The van der Waals surface area contributed by atoms with Gasteiger partial charge in [0.15, 0.2) is 0 Å². The fourth-order valence-electron chi connectivity index (χ4n) is 3.10. The Morgan fingerprint density at radius 2 is 2.08 bits per heavy atom.